The Hall–Kier alpha value is -0.276. The van der Waals surface area contributed by atoms with Gasteiger partial charge in [0.2, 0.25) is 0 Å². The number of aromatic nitrogens is 1. The van der Waals surface area contributed by atoms with Gasteiger partial charge in [-0.25, -0.2) is 4.98 Å². The quantitative estimate of drug-likeness (QED) is 0.388. The van der Waals surface area contributed by atoms with Crippen LogP contribution in [0.4, 0.5) is 0 Å². The van der Waals surface area contributed by atoms with Gasteiger partial charge in [0.15, 0.2) is 16.6 Å². The van der Waals surface area contributed by atoms with Gasteiger partial charge < -0.3 is 8.85 Å². The monoisotopic (exact) mass is 441 g/mol. The molecule has 3 nitrogen and oxygen atoms in total. The van der Waals surface area contributed by atoms with E-state index in [1.54, 1.807) is 11.3 Å². The van der Waals surface area contributed by atoms with E-state index >= 15 is 0 Å². The molecule has 1 rings (SSSR count). The Kier molecular flexibility index (Phi) is 8.51. The van der Waals surface area contributed by atoms with Crippen molar-refractivity contribution in [2.24, 2.45) is 0 Å². The van der Waals surface area contributed by atoms with E-state index < -0.39 is 16.6 Å². The van der Waals surface area contributed by atoms with Crippen LogP contribution in [0, 0.1) is 6.92 Å². The van der Waals surface area contributed by atoms with E-state index in [0.717, 1.165) is 23.7 Å². The minimum absolute atomic E-state index is 0.0765. The maximum absolute atomic E-state index is 6.83. The SMILES string of the molecule is C/C(=C\c1csc(C)n1)[C@H](CCO[Si](C)(C)C(C)(C)C)O[Si](C)(C)C(C)(C)C. The number of hydrogen-bond acceptors (Lipinski definition) is 4. The van der Waals surface area contributed by atoms with Crippen molar-refractivity contribution in [2.75, 3.05) is 6.61 Å². The largest absolute Gasteiger partial charge is 0.417 e. The molecule has 28 heavy (non-hydrogen) atoms. The molecule has 0 fully saturated rings. The van der Waals surface area contributed by atoms with Gasteiger partial charge in [0.1, 0.15) is 0 Å². The molecule has 0 aromatic carbocycles. The Balaban J connectivity index is 3.00. The van der Waals surface area contributed by atoms with Gasteiger partial charge in [-0.1, -0.05) is 41.5 Å². The summed E-state index contributed by atoms with van der Waals surface area (Å²) < 4.78 is 13.3. The van der Waals surface area contributed by atoms with Gasteiger partial charge in [-0.05, 0) is 68.2 Å². The lowest BCUT2D eigenvalue weighted by Crippen LogP contribution is -2.45. The van der Waals surface area contributed by atoms with Gasteiger partial charge in [0, 0.05) is 12.0 Å². The van der Waals surface area contributed by atoms with Crippen LogP contribution >= 0.6 is 11.3 Å². The normalized spacial score (nSPS) is 15.8. The summed E-state index contributed by atoms with van der Waals surface area (Å²) in [4.78, 5) is 4.60. The summed E-state index contributed by atoms with van der Waals surface area (Å²) in [6.07, 6.45) is 3.16. The molecule has 1 heterocycles. The maximum atomic E-state index is 6.83. The van der Waals surface area contributed by atoms with Crippen molar-refractivity contribution in [3.63, 3.8) is 0 Å². The highest BCUT2D eigenvalue weighted by Crippen LogP contribution is 2.39. The molecule has 0 spiro atoms. The van der Waals surface area contributed by atoms with Crippen molar-refractivity contribution < 1.29 is 8.85 Å². The number of nitrogens with zero attached hydrogens (tertiary/aromatic N) is 1. The fraction of sp³-hybridized carbons (Fsp3) is 0.773. The van der Waals surface area contributed by atoms with E-state index in [2.05, 4.69) is 91.1 Å². The number of hydrogen-bond donors (Lipinski definition) is 0. The Bertz CT molecular complexity index is 667. The van der Waals surface area contributed by atoms with Gasteiger partial charge in [-0.15, -0.1) is 11.3 Å². The summed E-state index contributed by atoms with van der Waals surface area (Å²) in [5, 5.41) is 3.63. The second-order valence-electron chi connectivity index (χ2n) is 10.9. The van der Waals surface area contributed by atoms with E-state index in [-0.39, 0.29) is 16.2 Å². The predicted octanol–water partition coefficient (Wildman–Crippen LogP) is 7.66. The molecule has 6 heteroatoms. The molecule has 1 aromatic heterocycles. The third kappa shape index (κ3) is 7.20. The van der Waals surface area contributed by atoms with Gasteiger partial charge >= 0.3 is 0 Å². The lowest BCUT2D eigenvalue weighted by molar-refractivity contribution is 0.168. The molecule has 0 bridgehead atoms. The van der Waals surface area contributed by atoms with Crippen molar-refractivity contribution >= 4 is 34.0 Å². The molecular weight excluding hydrogens is 398 g/mol. The van der Waals surface area contributed by atoms with E-state index in [1.165, 1.54) is 5.57 Å². The summed E-state index contributed by atoms with van der Waals surface area (Å²) in [6, 6.07) is 0. The minimum atomic E-state index is -1.88. The van der Waals surface area contributed by atoms with Crippen LogP contribution in [0.2, 0.25) is 36.3 Å². The summed E-state index contributed by atoms with van der Waals surface area (Å²) in [7, 11) is -3.63. The van der Waals surface area contributed by atoms with Crippen LogP contribution in [0.5, 0.6) is 0 Å². The average molecular weight is 442 g/mol. The lowest BCUT2D eigenvalue weighted by Gasteiger charge is -2.40. The summed E-state index contributed by atoms with van der Waals surface area (Å²) in [6.45, 7) is 28.0. The van der Waals surface area contributed by atoms with Crippen molar-refractivity contribution in [3.8, 4) is 0 Å². The van der Waals surface area contributed by atoms with E-state index in [1.807, 2.05) is 6.92 Å². The molecule has 0 aliphatic heterocycles. The second kappa shape index (κ2) is 9.25. The molecule has 0 aliphatic rings. The lowest BCUT2D eigenvalue weighted by atomic mass is 10.1. The molecular formula is C22H43NO2SSi2. The molecule has 1 aromatic rings. The first-order chi connectivity index (χ1) is 12.5. The van der Waals surface area contributed by atoms with Gasteiger partial charge in [-0.2, -0.15) is 0 Å². The molecule has 0 saturated carbocycles. The molecule has 0 saturated heterocycles. The van der Waals surface area contributed by atoms with Crippen LogP contribution in [0.25, 0.3) is 6.08 Å². The molecule has 0 amide bonds. The van der Waals surface area contributed by atoms with Gasteiger partial charge in [0.25, 0.3) is 0 Å². The highest BCUT2D eigenvalue weighted by atomic mass is 32.1. The zero-order chi connectivity index (χ0) is 22.0. The van der Waals surface area contributed by atoms with Crippen molar-refractivity contribution in [1.29, 1.82) is 0 Å². The smallest absolute Gasteiger partial charge is 0.192 e. The van der Waals surface area contributed by atoms with E-state index in [4.69, 9.17) is 8.85 Å². The first-order valence-corrected chi connectivity index (χ1v) is 17.1. The molecule has 0 aliphatic carbocycles. The zero-order valence-corrected chi connectivity index (χ0v) is 23.1. The van der Waals surface area contributed by atoms with Crippen LogP contribution in [-0.2, 0) is 8.85 Å². The number of rotatable bonds is 8. The Morgan fingerprint density at radius 2 is 1.61 bits per heavy atom. The topological polar surface area (TPSA) is 31.4 Å². The Labute approximate surface area is 180 Å². The molecule has 0 radical (unpaired) electrons. The summed E-state index contributed by atoms with van der Waals surface area (Å²) in [5.41, 5.74) is 2.28. The summed E-state index contributed by atoms with van der Waals surface area (Å²) in [5.74, 6) is 0. The van der Waals surface area contributed by atoms with Crippen LogP contribution in [-0.4, -0.2) is 34.3 Å². The fourth-order valence-corrected chi connectivity index (χ4v) is 5.32. The third-order valence-electron chi connectivity index (χ3n) is 6.41. The fourth-order valence-electron chi connectivity index (χ4n) is 2.32. The van der Waals surface area contributed by atoms with Crippen molar-refractivity contribution in [1.82, 2.24) is 4.98 Å². The molecule has 162 valence electrons. The average Bonchev–Trinajstić information content (AvgIpc) is 2.88. The molecule has 0 N–H and O–H groups in total. The standard InChI is InChI=1S/C22H43NO2SSi2/c1-17(15-19-16-26-18(2)23-19)20(25-28(11,12)22(6,7)8)13-14-24-27(9,10)21(3,4)5/h15-16,20H,13-14H2,1-12H3/b17-15+/t20-/m0/s1. The van der Waals surface area contributed by atoms with E-state index in [9.17, 15) is 0 Å². The molecule has 1 atom stereocenters. The second-order valence-corrected chi connectivity index (χ2v) is 21.6. The maximum Gasteiger partial charge on any atom is 0.192 e. The highest BCUT2D eigenvalue weighted by molar-refractivity contribution is 7.09. The first-order valence-electron chi connectivity index (χ1n) is 10.4. The molecule has 0 unspecified atom stereocenters. The predicted molar refractivity (Wildman–Crippen MR) is 130 cm³/mol. The Morgan fingerprint density at radius 3 is 2.04 bits per heavy atom. The third-order valence-corrected chi connectivity index (χ3v) is 16.2. The van der Waals surface area contributed by atoms with Gasteiger partial charge in [0.05, 0.1) is 16.8 Å². The van der Waals surface area contributed by atoms with Crippen LogP contribution in [0.3, 0.4) is 0 Å². The van der Waals surface area contributed by atoms with Crippen molar-refractivity contribution in [2.45, 2.75) is 104 Å². The van der Waals surface area contributed by atoms with Crippen molar-refractivity contribution in [3.05, 3.63) is 21.7 Å². The number of thiazole rings is 1. The number of aryl methyl sites for hydroxylation is 1. The van der Waals surface area contributed by atoms with E-state index in [0.29, 0.717) is 0 Å². The summed E-state index contributed by atoms with van der Waals surface area (Å²) >= 11 is 1.69. The van der Waals surface area contributed by atoms with Gasteiger partial charge in [-0.3, -0.25) is 0 Å². The minimum Gasteiger partial charge on any atom is -0.417 e. The first kappa shape index (κ1) is 25.8. The Morgan fingerprint density at radius 1 is 1.07 bits per heavy atom. The zero-order valence-electron chi connectivity index (χ0n) is 20.3. The highest BCUT2D eigenvalue weighted by Gasteiger charge is 2.40. The van der Waals surface area contributed by atoms with Crippen LogP contribution in [0.1, 0.15) is 65.6 Å². The van der Waals surface area contributed by atoms with Crippen LogP contribution in [0.15, 0.2) is 11.0 Å². The van der Waals surface area contributed by atoms with Crippen LogP contribution < -0.4 is 0 Å².